The van der Waals surface area contributed by atoms with Gasteiger partial charge in [0, 0.05) is 31.3 Å². The van der Waals surface area contributed by atoms with Crippen molar-refractivity contribution in [1.82, 2.24) is 9.80 Å². The fraction of sp³-hybridized carbons (Fsp3) is 0.333. The van der Waals surface area contributed by atoms with Crippen LogP contribution in [-0.4, -0.2) is 60.4 Å². The van der Waals surface area contributed by atoms with Gasteiger partial charge in [0.25, 0.3) is 5.69 Å². The Bertz CT molecular complexity index is 1300. The van der Waals surface area contributed by atoms with Crippen LogP contribution in [0, 0.1) is 16.0 Å². The first kappa shape index (κ1) is 29.9. The van der Waals surface area contributed by atoms with E-state index in [4.69, 9.17) is 13.9 Å². The van der Waals surface area contributed by atoms with Crippen LogP contribution >= 0.6 is 0 Å². The smallest absolute Gasteiger partial charge is 0.269 e. The van der Waals surface area contributed by atoms with E-state index in [1.807, 2.05) is 32.0 Å². The van der Waals surface area contributed by atoms with Crippen molar-refractivity contribution in [3.63, 3.8) is 0 Å². The molecule has 0 aliphatic rings. The summed E-state index contributed by atoms with van der Waals surface area (Å²) in [6.45, 7) is 4.90. The number of rotatable bonds is 14. The van der Waals surface area contributed by atoms with Crippen molar-refractivity contribution in [3.8, 4) is 11.5 Å². The number of non-ortho nitro benzene ring substituents is 1. The third kappa shape index (κ3) is 8.72. The number of methoxy groups -OCH3 is 2. The molecule has 0 aliphatic heterocycles. The van der Waals surface area contributed by atoms with E-state index >= 15 is 0 Å². The Morgan fingerprint density at radius 1 is 1.02 bits per heavy atom. The maximum Gasteiger partial charge on any atom is 0.269 e. The van der Waals surface area contributed by atoms with Crippen LogP contribution in [0.5, 0.6) is 11.5 Å². The molecule has 0 spiro atoms. The molecular weight excluding hydrogens is 514 g/mol. The molecule has 2 aromatic carbocycles. The summed E-state index contributed by atoms with van der Waals surface area (Å²) in [7, 11) is 3.15. The zero-order valence-electron chi connectivity index (χ0n) is 23.2. The standard InChI is InChI=1S/C30H35N3O7/c1-22(2)19-32(29(34)14-10-23-7-11-25(12-8-23)33(36)37)21-30(35)31(20-26-6-5-17-40-26)16-15-24-9-13-27(38-3)28(18-24)39-4/h5-14,17-18,22H,15-16,19-21H2,1-4H3/b14-10+. The van der Waals surface area contributed by atoms with Gasteiger partial charge < -0.3 is 23.7 Å². The van der Waals surface area contributed by atoms with E-state index in [0.717, 1.165) is 5.56 Å². The van der Waals surface area contributed by atoms with Crippen molar-refractivity contribution >= 4 is 23.6 Å². The number of carbonyl (C=O) groups is 2. The van der Waals surface area contributed by atoms with Gasteiger partial charge in [-0.05, 0) is 65.9 Å². The van der Waals surface area contributed by atoms with Gasteiger partial charge in [-0.1, -0.05) is 19.9 Å². The first-order valence-electron chi connectivity index (χ1n) is 12.9. The number of amides is 2. The molecule has 212 valence electrons. The molecule has 2 amide bonds. The molecule has 0 bridgehead atoms. The Labute approximate surface area is 233 Å². The van der Waals surface area contributed by atoms with Crippen LogP contribution in [0.25, 0.3) is 6.08 Å². The van der Waals surface area contributed by atoms with Crippen LogP contribution in [0.2, 0.25) is 0 Å². The second-order valence-electron chi connectivity index (χ2n) is 9.63. The Balaban J connectivity index is 1.74. The molecule has 0 radical (unpaired) electrons. The maximum absolute atomic E-state index is 13.5. The summed E-state index contributed by atoms with van der Waals surface area (Å²) in [5, 5.41) is 10.9. The fourth-order valence-electron chi connectivity index (χ4n) is 4.10. The first-order valence-corrected chi connectivity index (χ1v) is 12.9. The lowest BCUT2D eigenvalue weighted by Crippen LogP contribution is -2.44. The van der Waals surface area contributed by atoms with Gasteiger partial charge in [-0.2, -0.15) is 0 Å². The molecule has 10 nitrogen and oxygen atoms in total. The number of nitro benzene ring substituents is 1. The quantitative estimate of drug-likeness (QED) is 0.158. The number of hydrogen-bond acceptors (Lipinski definition) is 7. The normalized spacial score (nSPS) is 11.0. The van der Waals surface area contributed by atoms with Gasteiger partial charge in [0.1, 0.15) is 12.3 Å². The SMILES string of the molecule is COc1ccc(CCN(Cc2ccco2)C(=O)CN(CC(C)C)C(=O)/C=C/c2ccc([N+](=O)[O-])cc2)cc1OC. The van der Waals surface area contributed by atoms with E-state index in [-0.39, 0.29) is 36.5 Å². The summed E-state index contributed by atoms with van der Waals surface area (Å²) >= 11 is 0. The van der Waals surface area contributed by atoms with Crippen LogP contribution in [0.4, 0.5) is 5.69 Å². The van der Waals surface area contributed by atoms with Crippen LogP contribution in [-0.2, 0) is 22.6 Å². The van der Waals surface area contributed by atoms with Gasteiger partial charge in [-0.25, -0.2) is 0 Å². The zero-order chi connectivity index (χ0) is 29.1. The molecule has 1 heterocycles. The van der Waals surface area contributed by atoms with Crippen LogP contribution in [0.15, 0.2) is 71.4 Å². The zero-order valence-corrected chi connectivity index (χ0v) is 23.2. The van der Waals surface area contributed by atoms with Crippen molar-refractivity contribution in [2.75, 3.05) is 33.9 Å². The molecular formula is C30H35N3O7. The number of nitrogens with zero attached hydrogens (tertiary/aromatic N) is 3. The van der Waals surface area contributed by atoms with E-state index in [9.17, 15) is 19.7 Å². The third-order valence-corrected chi connectivity index (χ3v) is 6.14. The summed E-state index contributed by atoms with van der Waals surface area (Å²) in [4.78, 5) is 40.3. The lowest BCUT2D eigenvalue weighted by molar-refractivity contribution is -0.384. The second-order valence-corrected chi connectivity index (χ2v) is 9.63. The van der Waals surface area contributed by atoms with E-state index in [1.165, 1.54) is 23.1 Å². The average Bonchev–Trinajstić information content (AvgIpc) is 3.46. The fourth-order valence-corrected chi connectivity index (χ4v) is 4.10. The Morgan fingerprint density at radius 3 is 2.35 bits per heavy atom. The first-order chi connectivity index (χ1) is 19.2. The Morgan fingerprint density at radius 2 is 1.75 bits per heavy atom. The van der Waals surface area contributed by atoms with Crippen molar-refractivity contribution in [2.24, 2.45) is 5.92 Å². The highest BCUT2D eigenvalue weighted by Crippen LogP contribution is 2.28. The number of nitro groups is 1. The summed E-state index contributed by atoms with van der Waals surface area (Å²) in [6.07, 6.45) is 5.09. The van der Waals surface area contributed by atoms with Crippen molar-refractivity contribution in [3.05, 3.63) is 93.9 Å². The summed E-state index contributed by atoms with van der Waals surface area (Å²) < 4.78 is 16.2. The molecule has 0 fully saturated rings. The van der Waals surface area contributed by atoms with E-state index < -0.39 is 4.92 Å². The summed E-state index contributed by atoms with van der Waals surface area (Å²) in [6, 6.07) is 15.1. The number of furan rings is 1. The minimum atomic E-state index is -0.478. The van der Waals surface area contributed by atoms with Gasteiger partial charge >= 0.3 is 0 Å². The molecule has 3 aromatic rings. The minimum Gasteiger partial charge on any atom is -0.493 e. The summed E-state index contributed by atoms with van der Waals surface area (Å²) in [5.41, 5.74) is 1.58. The predicted molar refractivity (Wildman–Crippen MR) is 151 cm³/mol. The largest absolute Gasteiger partial charge is 0.493 e. The predicted octanol–water partition coefficient (Wildman–Crippen LogP) is 4.97. The second kappa shape index (κ2) is 14.5. The topological polar surface area (TPSA) is 115 Å². The highest BCUT2D eigenvalue weighted by atomic mass is 16.6. The monoisotopic (exact) mass is 549 g/mol. The van der Waals surface area contributed by atoms with Gasteiger partial charge in [-0.3, -0.25) is 19.7 Å². The van der Waals surface area contributed by atoms with Gasteiger partial charge in [0.05, 0.1) is 32.0 Å². The summed E-state index contributed by atoms with van der Waals surface area (Å²) in [5.74, 6) is 1.47. The van der Waals surface area contributed by atoms with Gasteiger partial charge in [-0.15, -0.1) is 0 Å². The maximum atomic E-state index is 13.5. The molecule has 3 rings (SSSR count). The molecule has 0 saturated carbocycles. The van der Waals surface area contributed by atoms with Crippen molar-refractivity contribution in [2.45, 2.75) is 26.8 Å². The third-order valence-electron chi connectivity index (χ3n) is 6.14. The molecule has 40 heavy (non-hydrogen) atoms. The van der Waals surface area contributed by atoms with E-state index in [1.54, 1.807) is 55.7 Å². The molecule has 0 unspecified atom stereocenters. The van der Waals surface area contributed by atoms with Gasteiger partial charge in [0.15, 0.2) is 11.5 Å². The number of hydrogen-bond donors (Lipinski definition) is 0. The van der Waals surface area contributed by atoms with Gasteiger partial charge in [0.2, 0.25) is 11.8 Å². The van der Waals surface area contributed by atoms with Crippen LogP contribution in [0.1, 0.15) is 30.7 Å². The van der Waals surface area contributed by atoms with Crippen molar-refractivity contribution < 1.29 is 28.4 Å². The lowest BCUT2D eigenvalue weighted by atomic mass is 10.1. The lowest BCUT2D eigenvalue weighted by Gasteiger charge is -2.28. The Kier molecular flexibility index (Phi) is 10.9. The molecule has 1 aromatic heterocycles. The Hall–Kier alpha value is -4.60. The average molecular weight is 550 g/mol. The molecule has 0 aliphatic carbocycles. The highest BCUT2D eigenvalue weighted by molar-refractivity contribution is 5.94. The number of benzene rings is 2. The van der Waals surface area contributed by atoms with E-state index in [0.29, 0.717) is 42.3 Å². The van der Waals surface area contributed by atoms with Crippen LogP contribution in [0.3, 0.4) is 0 Å². The minimum absolute atomic E-state index is 0.0276. The van der Waals surface area contributed by atoms with E-state index in [2.05, 4.69) is 0 Å². The molecule has 0 atom stereocenters. The molecule has 10 heteroatoms. The van der Waals surface area contributed by atoms with Crippen LogP contribution < -0.4 is 9.47 Å². The van der Waals surface area contributed by atoms with Crippen molar-refractivity contribution in [1.29, 1.82) is 0 Å². The number of ether oxygens (including phenoxy) is 2. The molecule has 0 N–H and O–H groups in total. The molecule has 0 saturated heterocycles. The highest BCUT2D eigenvalue weighted by Gasteiger charge is 2.22. The number of carbonyl (C=O) groups excluding carboxylic acids is 2.